The van der Waals surface area contributed by atoms with Gasteiger partial charge in [-0.1, -0.05) is 66.7 Å². The van der Waals surface area contributed by atoms with Gasteiger partial charge in [-0.15, -0.1) is 0 Å². The minimum absolute atomic E-state index is 0.347. The average molecular weight is 354 g/mol. The zero-order chi connectivity index (χ0) is 18.7. The Morgan fingerprint density at radius 1 is 0.667 bits per heavy atom. The van der Waals surface area contributed by atoms with Crippen molar-refractivity contribution >= 4 is 5.97 Å². The van der Waals surface area contributed by atoms with Crippen molar-refractivity contribution in [1.29, 1.82) is 0 Å². The smallest absolute Gasteiger partial charge is 0.344 e. The molecule has 1 heterocycles. The molecule has 0 aliphatic rings. The van der Waals surface area contributed by atoms with Gasteiger partial charge >= 0.3 is 5.97 Å². The molecule has 4 aromatic rings. The summed E-state index contributed by atoms with van der Waals surface area (Å²) < 4.78 is 5.42. The van der Waals surface area contributed by atoms with Gasteiger partial charge in [-0.05, 0) is 35.4 Å². The lowest BCUT2D eigenvalue weighted by atomic mass is 10.00. The normalized spacial score (nSPS) is 9.63. The molecule has 4 nitrogen and oxygen atoms in total. The number of carbonyl (C=O) groups excluding carboxylic acids is 1. The highest BCUT2D eigenvalue weighted by Gasteiger charge is 2.14. The van der Waals surface area contributed by atoms with Gasteiger partial charge in [-0.3, -0.25) is 0 Å². The molecule has 4 rings (SSSR count). The minimum Gasteiger partial charge on any atom is -0.423 e. The highest BCUT2D eigenvalue weighted by Crippen LogP contribution is 2.24. The molecule has 4 heteroatoms. The topological polar surface area (TPSA) is 52.1 Å². The van der Waals surface area contributed by atoms with Crippen LogP contribution < -0.4 is 4.74 Å². The SMILES string of the molecule is O=C(Oc1ccccc1)c1ccccc1-c1ccccc1.c1cncnc1. The predicted molar refractivity (Wildman–Crippen MR) is 105 cm³/mol. The maximum Gasteiger partial charge on any atom is 0.344 e. The molecule has 0 amide bonds. The molecule has 0 radical (unpaired) electrons. The number of nitrogens with zero attached hydrogens (tertiary/aromatic N) is 2. The van der Waals surface area contributed by atoms with Crippen LogP contribution in [0.3, 0.4) is 0 Å². The summed E-state index contributed by atoms with van der Waals surface area (Å²) in [6, 6.07) is 28.2. The van der Waals surface area contributed by atoms with Crippen LogP contribution in [0.15, 0.2) is 110 Å². The third-order valence-corrected chi connectivity index (χ3v) is 3.66. The van der Waals surface area contributed by atoms with Crippen LogP contribution >= 0.6 is 0 Å². The number of benzene rings is 3. The minimum atomic E-state index is -0.347. The van der Waals surface area contributed by atoms with Crippen LogP contribution in [0.5, 0.6) is 5.75 Å². The van der Waals surface area contributed by atoms with E-state index in [9.17, 15) is 4.79 Å². The summed E-state index contributed by atoms with van der Waals surface area (Å²) in [6.45, 7) is 0. The van der Waals surface area contributed by atoms with Gasteiger partial charge in [0, 0.05) is 12.4 Å². The molecular weight excluding hydrogens is 336 g/mol. The molecule has 0 saturated carbocycles. The standard InChI is InChI=1S/C19H14O2.C4H4N2/c20-19(21-16-11-5-2-6-12-16)18-14-8-7-13-17(18)15-9-3-1-4-10-15;1-2-5-4-6-3-1/h1-14H;1-4H. The van der Waals surface area contributed by atoms with Crippen LogP contribution in [-0.2, 0) is 0 Å². The lowest BCUT2D eigenvalue weighted by molar-refractivity contribution is 0.0735. The molecular formula is C23H18N2O2. The largest absolute Gasteiger partial charge is 0.423 e. The first-order valence-corrected chi connectivity index (χ1v) is 8.46. The summed E-state index contributed by atoms with van der Waals surface area (Å²) in [7, 11) is 0. The summed E-state index contributed by atoms with van der Waals surface area (Å²) in [5.74, 6) is 0.200. The lowest BCUT2D eigenvalue weighted by Gasteiger charge is -2.09. The zero-order valence-electron chi connectivity index (χ0n) is 14.6. The Morgan fingerprint density at radius 3 is 1.85 bits per heavy atom. The highest BCUT2D eigenvalue weighted by atomic mass is 16.5. The fraction of sp³-hybridized carbons (Fsp3) is 0. The number of ether oxygens (including phenoxy) is 1. The Balaban J connectivity index is 0.000000299. The van der Waals surface area contributed by atoms with E-state index < -0.39 is 0 Å². The number of aromatic nitrogens is 2. The fourth-order valence-electron chi connectivity index (χ4n) is 2.43. The maximum absolute atomic E-state index is 12.4. The number of rotatable bonds is 3. The van der Waals surface area contributed by atoms with Gasteiger partial charge < -0.3 is 4.74 Å². The van der Waals surface area contributed by atoms with Crippen LogP contribution in [0.2, 0.25) is 0 Å². The third-order valence-electron chi connectivity index (χ3n) is 3.66. The second kappa shape index (κ2) is 9.63. The van der Waals surface area contributed by atoms with Crippen LogP contribution in [0.4, 0.5) is 0 Å². The van der Waals surface area contributed by atoms with Crippen molar-refractivity contribution in [2.75, 3.05) is 0 Å². The van der Waals surface area contributed by atoms with Crippen LogP contribution in [-0.4, -0.2) is 15.9 Å². The molecule has 0 unspecified atom stereocenters. The summed E-state index contributed by atoms with van der Waals surface area (Å²) in [5, 5.41) is 0. The van der Waals surface area contributed by atoms with E-state index in [0.29, 0.717) is 11.3 Å². The molecule has 0 saturated heterocycles. The lowest BCUT2D eigenvalue weighted by Crippen LogP contribution is -2.09. The monoisotopic (exact) mass is 354 g/mol. The van der Waals surface area contributed by atoms with E-state index in [0.717, 1.165) is 11.1 Å². The van der Waals surface area contributed by atoms with Crippen LogP contribution in [0.1, 0.15) is 10.4 Å². The fourth-order valence-corrected chi connectivity index (χ4v) is 2.43. The van der Waals surface area contributed by atoms with Gasteiger partial charge in [0.1, 0.15) is 12.1 Å². The predicted octanol–water partition coefficient (Wildman–Crippen LogP) is 5.05. The molecule has 0 spiro atoms. The quantitative estimate of drug-likeness (QED) is 0.382. The van der Waals surface area contributed by atoms with Gasteiger partial charge in [-0.2, -0.15) is 0 Å². The second-order valence-electron chi connectivity index (χ2n) is 5.52. The van der Waals surface area contributed by atoms with Gasteiger partial charge in [0.2, 0.25) is 0 Å². The Labute approximate surface area is 158 Å². The Bertz CT molecular complexity index is 932. The van der Waals surface area contributed by atoms with Crippen molar-refractivity contribution in [2.24, 2.45) is 0 Å². The van der Waals surface area contributed by atoms with Crippen LogP contribution in [0, 0.1) is 0 Å². The zero-order valence-corrected chi connectivity index (χ0v) is 14.6. The van der Waals surface area contributed by atoms with Crippen molar-refractivity contribution in [2.45, 2.75) is 0 Å². The molecule has 0 bridgehead atoms. The first kappa shape index (κ1) is 18.0. The van der Waals surface area contributed by atoms with E-state index in [4.69, 9.17) is 4.74 Å². The summed E-state index contributed by atoms with van der Waals surface area (Å²) in [4.78, 5) is 19.7. The van der Waals surface area contributed by atoms with E-state index in [1.54, 1.807) is 36.7 Å². The molecule has 27 heavy (non-hydrogen) atoms. The molecule has 3 aromatic carbocycles. The number of esters is 1. The van der Waals surface area contributed by atoms with E-state index >= 15 is 0 Å². The van der Waals surface area contributed by atoms with Crippen molar-refractivity contribution in [3.05, 3.63) is 115 Å². The molecule has 132 valence electrons. The maximum atomic E-state index is 12.4. The molecule has 0 aliphatic carbocycles. The van der Waals surface area contributed by atoms with E-state index in [2.05, 4.69) is 9.97 Å². The number of carbonyl (C=O) groups is 1. The van der Waals surface area contributed by atoms with Crippen molar-refractivity contribution < 1.29 is 9.53 Å². The molecule has 0 fully saturated rings. The highest BCUT2D eigenvalue weighted by molar-refractivity contribution is 5.98. The van der Waals surface area contributed by atoms with Crippen molar-refractivity contribution in [3.8, 4) is 16.9 Å². The Morgan fingerprint density at radius 2 is 1.26 bits per heavy atom. The second-order valence-corrected chi connectivity index (χ2v) is 5.52. The van der Waals surface area contributed by atoms with E-state index in [1.807, 2.05) is 66.7 Å². The van der Waals surface area contributed by atoms with Gasteiger partial charge in [0.25, 0.3) is 0 Å². The Kier molecular flexibility index (Phi) is 6.43. The Hall–Kier alpha value is -3.79. The van der Waals surface area contributed by atoms with Gasteiger partial charge in [0.05, 0.1) is 5.56 Å². The van der Waals surface area contributed by atoms with Crippen molar-refractivity contribution in [3.63, 3.8) is 0 Å². The number of hydrogen-bond donors (Lipinski definition) is 0. The van der Waals surface area contributed by atoms with Gasteiger partial charge in [0.15, 0.2) is 0 Å². The third kappa shape index (κ3) is 5.34. The first-order valence-electron chi connectivity index (χ1n) is 8.46. The number of para-hydroxylation sites is 1. The summed E-state index contributed by atoms with van der Waals surface area (Å²) >= 11 is 0. The van der Waals surface area contributed by atoms with E-state index in [1.165, 1.54) is 6.33 Å². The molecule has 1 aromatic heterocycles. The average Bonchev–Trinajstić information content (AvgIpc) is 2.77. The number of hydrogen-bond acceptors (Lipinski definition) is 4. The van der Waals surface area contributed by atoms with Gasteiger partial charge in [-0.25, -0.2) is 14.8 Å². The molecule has 0 aliphatic heterocycles. The summed E-state index contributed by atoms with van der Waals surface area (Å²) in [6.07, 6.45) is 4.88. The molecule has 0 atom stereocenters. The van der Waals surface area contributed by atoms with Crippen LogP contribution in [0.25, 0.3) is 11.1 Å². The van der Waals surface area contributed by atoms with E-state index in [-0.39, 0.29) is 5.97 Å². The first-order chi connectivity index (χ1) is 13.3. The van der Waals surface area contributed by atoms with Crippen molar-refractivity contribution in [1.82, 2.24) is 9.97 Å². The summed E-state index contributed by atoms with van der Waals surface area (Å²) in [5.41, 5.74) is 2.43. The molecule has 0 N–H and O–H groups in total.